The lowest BCUT2D eigenvalue weighted by molar-refractivity contribution is -0.131. The second-order valence-corrected chi connectivity index (χ2v) is 10.2. The molecule has 0 fully saturated rings. The maximum atomic E-state index is 13.1. The van der Waals surface area contributed by atoms with Crippen LogP contribution in [0.3, 0.4) is 0 Å². The molecule has 0 bridgehead atoms. The van der Waals surface area contributed by atoms with Crippen molar-refractivity contribution in [3.8, 4) is 0 Å². The van der Waals surface area contributed by atoms with E-state index in [1.54, 1.807) is 0 Å². The maximum Gasteiger partial charge on any atom is 0.241 e. The molecule has 0 saturated heterocycles. The van der Waals surface area contributed by atoms with Gasteiger partial charge < -0.3 is 9.80 Å². The second-order valence-electron chi connectivity index (χ2n) is 8.47. The van der Waals surface area contributed by atoms with Gasteiger partial charge in [0.05, 0.1) is 4.90 Å². The van der Waals surface area contributed by atoms with Gasteiger partial charge in [-0.3, -0.25) is 4.79 Å². The van der Waals surface area contributed by atoms with Gasteiger partial charge in [0.1, 0.15) is 0 Å². The minimum Gasteiger partial charge on any atom is -0.373 e. The molecule has 7 heteroatoms. The number of nitrogens with zero attached hydrogens (tertiary/aromatic N) is 2. The average Bonchev–Trinajstić information content (AvgIpc) is 2.90. The molecule has 1 heterocycles. The Morgan fingerprint density at radius 3 is 2.16 bits per heavy atom. The highest BCUT2D eigenvalue weighted by atomic mass is 32.2. The molecular formula is C24H33N3O3S. The first-order chi connectivity index (χ1) is 14.5. The van der Waals surface area contributed by atoms with Crippen molar-refractivity contribution in [2.45, 2.75) is 52.5 Å². The Balaban J connectivity index is 1.70. The third-order valence-electron chi connectivity index (χ3n) is 6.65. The van der Waals surface area contributed by atoms with Crippen LogP contribution in [0.15, 0.2) is 29.2 Å². The lowest BCUT2D eigenvalue weighted by Crippen LogP contribution is -2.36. The molecule has 0 atom stereocenters. The zero-order valence-electron chi connectivity index (χ0n) is 19.4. The molecule has 0 aromatic heterocycles. The van der Waals surface area contributed by atoms with Gasteiger partial charge in [-0.25, -0.2) is 13.1 Å². The summed E-state index contributed by atoms with van der Waals surface area (Å²) < 4.78 is 28.8. The number of carbonyl (C=O) groups excluding carboxylic acids is 1. The molecule has 2 aromatic carbocycles. The van der Waals surface area contributed by atoms with E-state index in [2.05, 4.69) is 15.7 Å². The van der Waals surface area contributed by atoms with Crippen LogP contribution in [-0.2, 0) is 21.4 Å². The Morgan fingerprint density at radius 2 is 1.52 bits per heavy atom. The SMILES string of the molecule is Cc1c(C)c(C)c(S(=O)(=O)NCCC(=O)N2CCN(C)c3ccccc3C2)c(C)c1C. The summed E-state index contributed by atoms with van der Waals surface area (Å²) in [5.41, 5.74) is 6.88. The van der Waals surface area contributed by atoms with Gasteiger partial charge in [0, 0.05) is 45.3 Å². The monoisotopic (exact) mass is 443 g/mol. The Bertz CT molecular complexity index is 1080. The number of benzene rings is 2. The number of hydrogen-bond acceptors (Lipinski definition) is 4. The fraction of sp³-hybridized carbons (Fsp3) is 0.458. The molecule has 0 unspecified atom stereocenters. The maximum absolute atomic E-state index is 13.1. The van der Waals surface area contributed by atoms with Gasteiger partial charge in [-0.05, 0) is 74.1 Å². The summed E-state index contributed by atoms with van der Waals surface area (Å²) in [6.45, 7) is 11.6. The van der Waals surface area contributed by atoms with Crippen LogP contribution < -0.4 is 9.62 Å². The van der Waals surface area contributed by atoms with Crippen LogP contribution in [0.25, 0.3) is 0 Å². The van der Waals surface area contributed by atoms with Crippen molar-refractivity contribution in [2.75, 3.05) is 31.6 Å². The van der Waals surface area contributed by atoms with Crippen LogP contribution in [0.1, 0.15) is 39.8 Å². The molecule has 1 N–H and O–H groups in total. The topological polar surface area (TPSA) is 69.7 Å². The van der Waals surface area contributed by atoms with E-state index in [0.717, 1.165) is 45.6 Å². The summed E-state index contributed by atoms with van der Waals surface area (Å²) in [7, 11) is -1.68. The number of carbonyl (C=O) groups is 1. The van der Waals surface area contributed by atoms with E-state index in [9.17, 15) is 13.2 Å². The van der Waals surface area contributed by atoms with E-state index in [0.29, 0.717) is 18.0 Å². The summed E-state index contributed by atoms with van der Waals surface area (Å²) >= 11 is 0. The number of sulfonamides is 1. The van der Waals surface area contributed by atoms with Gasteiger partial charge in [0.15, 0.2) is 0 Å². The van der Waals surface area contributed by atoms with Gasteiger partial charge in [-0.15, -0.1) is 0 Å². The van der Waals surface area contributed by atoms with E-state index >= 15 is 0 Å². The number of fused-ring (bicyclic) bond motifs is 1. The van der Waals surface area contributed by atoms with E-state index in [1.165, 1.54) is 0 Å². The van der Waals surface area contributed by atoms with E-state index in [4.69, 9.17) is 0 Å². The summed E-state index contributed by atoms with van der Waals surface area (Å²) in [4.78, 5) is 17.2. The fourth-order valence-corrected chi connectivity index (χ4v) is 5.92. The first kappa shape index (κ1) is 23.3. The highest BCUT2D eigenvalue weighted by molar-refractivity contribution is 7.89. The number of hydrogen-bond donors (Lipinski definition) is 1. The Morgan fingerprint density at radius 1 is 0.935 bits per heavy atom. The zero-order valence-corrected chi connectivity index (χ0v) is 20.2. The van der Waals surface area contributed by atoms with Crippen molar-refractivity contribution in [3.63, 3.8) is 0 Å². The number of likely N-dealkylation sites (N-methyl/N-ethyl adjacent to an activating group) is 1. The van der Waals surface area contributed by atoms with Crippen molar-refractivity contribution >= 4 is 21.6 Å². The predicted octanol–water partition coefficient (Wildman–Crippen LogP) is 3.38. The van der Waals surface area contributed by atoms with E-state index in [-0.39, 0.29) is 18.9 Å². The van der Waals surface area contributed by atoms with Gasteiger partial charge in [-0.2, -0.15) is 0 Å². The molecule has 6 nitrogen and oxygen atoms in total. The highest BCUT2D eigenvalue weighted by Gasteiger charge is 2.25. The Labute approximate surface area is 186 Å². The summed E-state index contributed by atoms with van der Waals surface area (Å²) in [5, 5.41) is 0. The minimum atomic E-state index is -3.70. The molecule has 0 aliphatic carbocycles. The normalized spacial score (nSPS) is 14.4. The minimum absolute atomic E-state index is 0.0440. The number of rotatable bonds is 5. The largest absolute Gasteiger partial charge is 0.373 e. The lowest BCUT2D eigenvalue weighted by atomic mass is 9.95. The molecule has 1 aliphatic heterocycles. The molecule has 0 saturated carbocycles. The number of anilines is 1. The Kier molecular flexibility index (Phi) is 6.76. The van der Waals surface area contributed by atoms with Crippen molar-refractivity contribution < 1.29 is 13.2 Å². The number of nitrogens with one attached hydrogen (secondary N) is 1. The number of amides is 1. The predicted molar refractivity (Wildman–Crippen MR) is 125 cm³/mol. The number of para-hydroxylation sites is 1. The molecule has 2 aromatic rings. The van der Waals surface area contributed by atoms with Crippen LogP contribution in [0.2, 0.25) is 0 Å². The zero-order chi connectivity index (χ0) is 22.9. The summed E-state index contributed by atoms with van der Waals surface area (Å²) in [6.07, 6.45) is 0.132. The molecule has 168 valence electrons. The van der Waals surface area contributed by atoms with Gasteiger partial charge in [-0.1, -0.05) is 18.2 Å². The third kappa shape index (κ3) is 4.62. The second kappa shape index (κ2) is 9.01. The first-order valence-corrected chi connectivity index (χ1v) is 12.2. The van der Waals surface area contributed by atoms with Crippen LogP contribution in [0.4, 0.5) is 5.69 Å². The summed E-state index contributed by atoms with van der Waals surface area (Å²) in [6, 6.07) is 8.08. The van der Waals surface area contributed by atoms with Crippen LogP contribution in [0.5, 0.6) is 0 Å². The molecular weight excluding hydrogens is 410 g/mol. The van der Waals surface area contributed by atoms with Crippen LogP contribution in [0, 0.1) is 34.6 Å². The van der Waals surface area contributed by atoms with Crippen molar-refractivity contribution in [2.24, 2.45) is 0 Å². The summed E-state index contributed by atoms with van der Waals surface area (Å²) in [5.74, 6) is -0.0440. The van der Waals surface area contributed by atoms with Crippen molar-refractivity contribution in [3.05, 3.63) is 57.6 Å². The third-order valence-corrected chi connectivity index (χ3v) is 8.39. The first-order valence-electron chi connectivity index (χ1n) is 10.7. The van der Waals surface area contributed by atoms with Gasteiger partial charge >= 0.3 is 0 Å². The molecule has 31 heavy (non-hydrogen) atoms. The molecule has 1 aliphatic rings. The quantitative estimate of drug-likeness (QED) is 0.769. The van der Waals surface area contributed by atoms with E-state index in [1.807, 2.05) is 64.8 Å². The smallest absolute Gasteiger partial charge is 0.241 e. The standard InChI is InChI=1S/C24H33N3O3S/c1-16-17(2)19(4)24(20(5)18(16)3)31(29,30)25-12-11-23(28)27-14-13-26(6)22-10-8-7-9-21(22)15-27/h7-10,25H,11-15H2,1-6H3. The molecule has 0 spiro atoms. The van der Waals surface area contributed by atoms with Crippen LogP contribution in [-0.4, -0.2) is 45.9 Å². The fourth-order valence-electron chi connectivity index (χ4n) is 4.30. The van der Waals surface area contributed by atoms with Crippen LogP contribution >= 0.6 is 0 Å². The highest BCUT2D eigenvalue weighted by Crippen LogP contribution is 2.29. The Hall–Kier alpha value is -2.38. The lowest BCUT2D eigenvalue weighted by Gasteiger charge is -2.22. The van der Waals surface area contributed by atoms with E-state index < -0.39 is 10.0 Å². The van der Waals surface area contributed by atoms with Crippen molar-refractivity contribution in [1.29, 1.82) is 0 Å². The average molecular weight is 444 g/mol. The molecule has 3 rings (SSSR count). The molecule has 0 radical (unpaired) electrons. The van der Waals surface area contributed by atoms with Gasteiger partial charge in [0.2, 0.25) is 15.9 Å². The van der Waals surface area contributed by atoms with Crippen molar-refractivity contribution in [1.82, 2.24) is 9.62 Å². The molecule has 1 amide bonds. The van der Waals surface area contributed by atoms with Gasteiger partial charge in [0.25, 0.3) is 0 Å².